The Bertz CT molecular complexity index is 332. The van der Waals surface area contributed by atoms with Crippen LogP contribution in [-0.2, 0) is 6.54 Å². The first-order valence-corrected chi connectivity index (χ1v) is 6.65. The van der Waals surface area contributed by atoms with E-state index in [9.17, 15) is 0 Å². The third-order valence-corrected chi connectivity index (χ3v) is 3.61. The van der Waals surface area contributed by atoms with E-state index in [1.54, 1.807) is 0 Å². The van der Waals surface area contributed by atoms with Gasteiger partial charge in [-0.1, -0.05) is 12.5 Å². The summed E-state index contributed by atoms with van der Waals surface area (Å²) in [5.74, 6) is 0. The Morgan fingerprint density at radius 3 is 3.00 bits per heavy atom. The minimum Gasteiger partial charge on any atom is -0.330 e. The monoisotopic (exact) mass is 233 g/mol. The Balaban J connectivity index is 1.97. The second-order valence-electron chi connectivity index (χ2n) is 5.01. The molecule has 0 aromatic carbocycles. The molecule has 17 heavy (non-hydrogen) atoms. The fourth-order valence-electron chi connectivity index (χ4n) is 2.61. The van der Waals surface area contributed by atoms with Gasteiger partial charge in [0.25, 0.3) is 0 Å². The first kappa shape index (κ1) is 12.5. The van der Waals surface area contributed by atoms with E-state index in [0.717, 1.165) is 25.2 Å². The van der Waals surface area contributed by atoms with Crippen LogP contribution in [0, 0.1) is 6.92 Å². The molecule has 0 aliphatic carbocycles. The summed E-state index contributed by atoms with van der Waals surface area (Å²) in [7, 11) is 0. The lowest BCUT2D eigenvalue weighted by Gasteiger charge is -2.35. The SMILES string of the molecule is Cc1ccc(CN2CCCCC2CCN)cn1. The van der Waals surface area contributed by atoms with E-state index in [2.05, 4.69) is 22.0 Å². The molecule has 2 rings (SSSR count). The van der Waals surface area contributed by atoms with Crippen molar-refractivity contribution in [3.63, 3.8) is 0 Å². The normalized spacial score (nSPS) is 21.6. The highest BCUT2D eigenvalue weighted by atomic mass is 15.2. The van der Waals surface area contributed by atoms with Crippen molar-refractivity contribution >= 4 is 0 Å². The molecule has 1 saturated heterocycles. The molecule has 1 fully saturated rings. The number of likely N-dealkylation sites (tertiary alicyclic amines) is 1. The van der Waals surface area contributed by atoms with Crippen LogP contribution in [0.3, 0.4) is 0 Å². The van der Waals surface area contributed by atoms with Crippen LogP contribution in [0.1, 0.15) is 36.9 Å². The van der Waals surface area contributed by atoms with Gasteiger partial charge in [0.1, 0.15) is 0 Å². The van der Waals surface area contributed by atoms with Crippen LogP contribution >= 0.6 is 0 Å². The minimum absolute atomic E-state index is 0.676. The number of pyridine rings is 1. The summed E-state index contributed by atoms with van der Waals surface area (Å²) in [4.78, 5) is 6.94. The zero-order valence-corrected chi connectivity index (χ0v) is 10.7. The van der Waals surface area contributed by atoms with Crippen molar-refractivity contribution in [2.45, 2.75) is 45.2 Å². The number of hydrogen-bond donors (Lipinski definition) is 1. The Hall–Kier alpha value is -0.930. The smallest absolute Gasteiger partial charge is 0.0372 e. The van der Waals surface area contributed by atoms with Gasteiger partial charge in [-0.3, -0.25) is 9.88 Å². The Labute approximate surface area is 104 Å². The maximum atomic E-state index is 5.70. The summed E-state index contributed by atoms with van der Waals surface area (Å²) in [6.45, 7) is 5.06. The van der Waals surface area contributed by atoms with E-state index in [1.807, 2.05) is 13.1 Å². The first-order valence-electron chi connectivity index (χ1n) is 6.65. The second kappa shape index (κ2) is 6.12. The lowest BCUT2D eigenvalue weighted by molar-refractivity contribution is 0.134. The van der Waals surface area contributed by atoms with Gasteiger partial charge in [-0.25, -0.2) is 0 Å². The molecule has 94 valence electrons. The number of piperidine rings is 1. The van der Waals surface area contributed by atoms with Crippen molar-refractivity contribution in [1.82, 2.24) is 9.88 Å². The molecule has 1 unspecified atom stereocenters. The molecular formula is C14H23N3. The van der Waals surface area contributed by atoms with Gasteiger partial charge < -0.3 is 5.73 Å². The maximum Gasteiger partial charge on any atom is 0.0372 e. The van der Waals surface area contributed by atoms with Gasteiger partial charge >= 0.3 is 0 Å². The number of hydrogen-bond acceptors (Lipinski definition) is 3. The van der Waals surface area contributed by atoms with Crippen LogP contribution in [0.2, 0.25) is 0 Å². The van der Waals surface area contributed by atoms with Crippen LogP contribution in [0.4, 0.5) is 0 Å². The third kappa shape index (κ3) is 3.51. The highest BCUT2D eigenvalue weighted by Gasteiger charge is 2.21. The summed E-state index contributed by atoms with van der Waals surface area (Å²) in [6, 6.07) is 4.96. The highest BCUT2D eigenvalue weighted by Crippen LogP contribution is 2.21. The molecule has 0 saturated carbocycles. The molecule has 3 heteroatoms. The van der Waals surface area contributed by atoms with E-state index in [-0.39, 0.29) is 0 Å². The van der Waals surface area contributed by atoms with Gasteiger partial charge in [-0.05, 0) is 50.9 Å². The van der Waals surface area contributed by atoms with E-state index in [4.69, 9.17) is 5.73 Å². The van der Waals surface area contributed by atoms with Crippen molar-refractivity contribution in [2.75, 3.05) is 13.1 Å². The summed E-state index contributed by atoms with van der Waals surface area (Å²) >= 11 is 0. The molecule has 1 aliphatic rings. The van der Waals surface area contributed by atoms with Crippen LogP contribution in [0.15, 0.2) is 18.3 Å². The summed E-state index contributed by atoms with van der Waals surface area (Å²) < 4.78 is 0. The fraction of sp³-hybridized carbons (Fsp3) is 0.643. The Morgan fingerprint density at radius 1 is 1.41 bits per heavy atom. The topological polar surface area (TPSA) is 42.1 Å². The molecule has 1 aromatic rings. The van der Waals surface area contributed by atoms with Gasteiger partial charge in [0.15, 0.2) is 0 Å². The van der Waals surface area contributed by atoms with Gasteiger partial charge in [0.05, 0.1) is 0 Å². The van der Waals surface area contributed by atoms with Crippen LogP contribution in [0.25, 0.3) is 0 Å². The number of rotatable bonds is 4. The quantitative estimate of drug-likeness (QED) is 0.866. The van der Waals surface area contributed by atoms with Crippen LogP contribution < -0.4 is 5.73 Å². The predicted octanol–water partition coefficient (Wildman–Crippen LogP) is 2.09. The second-order valence-corrected chi connectivity index (χ2v) is 5.01. The number of nitrogens with two attached hydrogens (primary N) is 1. The summed E-state index contributed by atoms with van der Waals surface area (Å²) in [6.07, 6.45) is 7.10. The Morgan fingerprint density at radius 2 is 2.29 bits per heavy atom. The van der Waals surface area contributed by atoms with Crippen LogP contribution in [0.5, 0.6) is 0 Å². The number of aryl methyl sites for hydroxylation is 1. The maximum absolute atomic E-state index is 5.70. The minimum atomic E-state index is 0.676. The van der Waals surface area contributed by atoms with Crippen LogP contribution in [-0.4, -0.2) is 29.0 Å². The highest BCUT2D eigenvalue weighted by molar-refractivity contribution is 5.13. The van der Waals surface area contributed by atoms with E-state index in [1.165, 1.54) is 31.4 Å². The number of aromatic nitrogens is 1. The van der Waals surface area contributed by atoms with E-state index in [0.29, 0.717) is 6.04 Å². The van der Waals surface area contributed by atoms with Crippen molar-refractivity contribution in [3.05, 3.63) is 29.6 Å². The van der Waals surface area contributed by atoms with E-state index < -0.39 is 0 Å². The van der Waals surface area contributed by atoms with Gasteiger partial charge in [0, 0.05) is 24.5 Å². The zero-order chi connectivity index (χ0) is 12.1. The molecule has 1 aliphatic heterocycles. The van der Waals surface area contributed by atoms with Gasteiger partial charge in [0.2, 0.25) is 0 Å². The molecular weight excluding hydrogens is 210 g/mol. The van der Waals surface area contributed by atoms with Crippen molar-refractivity contribution in [2.24, 2.45) is 5.73 Å². The standard InChI is InChI=1S/C14H23N3/c1-12-5-6-13(10-16-12)11-17-9-3-2-4-14(17)7-8-15/h5-6,10,14H,2-4,7-9,11,15H2,1H3. The molecule has 2 N–H and O–H groups in total. The zero-order valence-electron chi connectivity index (χ0n) is 10.7. The molecule has 0 radical (unpaired) electrons. The van der Waals surface area contributed by atoms with Crippen molar-refractivity contribution in [3.8, 4) is 0 Å². The first-order chi connectivity index (χ1) is 8.29. The summed E-state index contributed by atoms with van der Waals surface area (Å²) in [5.41, 5.74) is 8.10. The van der Waals surface area contributed by atoms with Crippen molar-refractivity contribution < 1.29 is 0 Å². The Kier molecular flexibility index (Phi) is 4.51. The molecule has 1 atom stereocenters. The van der Waals surface area contributed by atoms with Gasteiger partial charge in [-0.2, -0.15) is 0 Å². The average molecular weight is 233 g/mol. The lowest BCUT2D eigenvalue weighted by Crippen LogP contribution is -2.40. The molecule has 3 nitrogen and oxygen atoms in total. The average Bonchev–Trinajstić information content (AvgIpc) is 2.35. The molecule has 0 spiro atoms. The number of nitrogens with zero attached hydrogens (tertiary/aromatic N) is 2. The molecule has 2 heterocycles. The summed E-state index contributed by atoms with van der Waals surface area (Å²) in [5, 5.41) is 0. The fourth-order valence-corrected chi connectivity index (χ4v) is 2.61. The molecule has 0 amide bonds. The molecule has 0 bridgehead atoms. The van der Waals surface area contributed by atoms with Crippen molar-refractivity contribution in [1.29, 1.82) is 0 Å². The third-order valence-electron chi connectivity index (χ3n) is 3.61. The molecule has 1 aromatic heterocycles. The lowest BCUT2D eigenvalue weighted by atomic mass is 9.99. The largest absolute Gasteiger partial charge is 0.330 e. The predicted molar refractivity (Wildman–Crippen MR) is 70.7 cm³/mol. The van der Waals surface area contributed by atoms with Gasteiger partial charge in [-0.15, -0.1) is 0 Å². The van der Waals surface area contributed by atoms with E-state index >= 15 is 0 Å².